The summed E-state index contributed by atoms with van der Waals surface area (Å²) in [6.45, 7) is 8.66. The van der Waals surface area contributed by atoms with Crippen LogP contribution in [0.15, 0.2) is 0 Å². The van der Waals surface area contributed by atoms with E-state index in [9.17, 15) is 5.11 Å². The van der Waals surface area contributed by atoms with Crippen molar-refractivity contribution in [2.75, 3.05) is 0 Å². The number of aliphatic hydroxyl groups is 1. The summed E-state index contributed by atoms with van der Waals surface area (Å²) in [6, 6.07) is 0. The molecule has 0 bridgehead atoms. The standard InChI is InChI=1S/C15H24O4/c1-13(2)7-9-14(3,18-9)6-5-8-15(4,19-8)11(16)10-12(13)17-10/h8-12,16H,5-7H2,1-4H3/t8-,9-,10+,11?,12+,14-,15-/m0/s1. The minimum absolute atomic E-state index is 0.0177. The van der Waals surface area contributed by atoms with Gasteiger partial charge in [-0.3, -0.25) is 0 Å². The van der Waals surface area contributed by atoms with Gasteiger partial charge >= 0.3 is 0 Å². The predicted molar refractivity (Wildman–Crippen MR) is 68.9 cm³/mol. The molecule has 108 valence electrons. The molecule has 0 amide bonds. The van der Waals surface area contributed by atoms with E-state index in [1.807, 2.05) is 6.92 Å². The van der Waals surface area contributed by atoms with Crippen LogP contribution in [0.2, 0.25) is 0 Å². The molecule has 0 aromatic rings. The van der Waals surface area contributed by atoms with Crippen molar-refractivity contribution in [3.8, 4) is 0 Å². The summed E-state index contributed by atoms with van der Waals surface area (Å²) in [6.07, 6.45) is 3.09. The van der Waals surface area contributed by atoms with Crippen molar-refractivity contribution < 1.29 is 19.3 Å². The monoisotopic (exact) mass is 268 g/mol. The minimum Gasteiger partial charge on any atom is -0.387 e. The number of hydrogen-bond acceptors (Lipinski definition) is 4. The van der Waals surface area contributed by atoms with E-state index in [2.05, 4.69) is 20.8 Å². The summed E-state index contributed by atoms with van der Waals surface area (Å²) in [5.41, 5.74) is -0.330. The van der Waals surface area contributed by atoms with Crippen LogP contribution >= 0.6 is 0 Å². The van der Waals surface area contributed by atoms with Crippen molar-refractivity contribution in [2.24, 2.45) is 5.41 Å². The highest BCUT2D eigenvalue weighted by Crippen LogP contribution is 2.56. The topological polar surface area (TPSA) is 57.8 Å². The highest BCUT2D eigenvalue weighted by Gasteiger charge is 2.68. The molecule has 1 unspecified atom stereocenters. The Morgan fingerprint density at radius 3 is 2.53 bits per heavy atom. The quantitative estimate of drug-likeness (QED) is 0.679. The molecule has 19 heavy (non-hydrogen) atoms. The van der Waals surface area contributed by atoms with Gasteiger partial charge < -0.3 is 19.3 Å². The fourth-order valence-electron chi connectivity index (χ4n) is 3.98. The summed E-state index contributed by atoms with van der Waals surface area (Å²) in [4.78, 5) is 0. The highest BCUT2D eigenvalue weighted by atomic mass is 16.6. The lowest BCUT2D eigenvalue weighted by Gasteiger charge is -2.23. The minimum atomic E-state index is -0.495. The van der Waals surface area contributed by atoms with Gasteiger partial charge in [0.1, 0.15) is 17.8 Å². The second-order valence-corrected chi connectivity index (χ2v) is 7.91. The zero-order valence-electron chi connectivity index (χ0n) is 12.2. The molecule has 7 atom stereocenters. The van der Waals surface area contributed by atoms with Gasteiger partial charge in [0.25, 0.3) is 0 Å². The second-order valence-electron chi connectivity index (χ2n) is 7.91. The van der Waals surface area contributed by atoms with Crippen LogP contribution in [0, 0.1) is 5.41 Å². The maximum absolute atomic E-state index is 10.5. The van der Waals surface area contributed by atoms with Gasteiger partial charge in [-0.1, -0.05) is 13.8 Å². The Morgan fingerprint density at radius 2 is 1.79 bits per heavy atom. The van der Waals surface area contributed by atoms with Gasteiger partial charge in [-0.25, -0.2) is 0 Å². The van der Waals surface area contributed by atoms with Gasteiger partial charge in [0.15, 0.2) is 0 Å². The molecule has 4 fully saturated rings. The fourth-order valence-corrected chi connectivity index (χ4v) is 3.98. The van der Waals surface area contributed by atoms with Gasteiger partial charge in [0.05, 0.1) is 23.9 Å². The van der Waals surface area contributed by atoms with Gasteiger partial charge in [-0.15, -0.1) is 0 Å². The van der Waals surface area contributed by atoms with E-state index in [1.165, 1.54) is 0 Å². The summed E-state index contributed by atoms with van der Waals surface area (Å²) in [5.74, 6) is 0. The Morgan fingerprint density at radius 1 is 1.05 bits per heavy atom. The number of epoxide rings is 3. The molecule has 1 N–H and O–H groups in total. The van der Waals surface area contributed by atoms with Crippen molar-refractivity contribution in [1.82, 2.24) is 0 Å². The summed E-state index contributed by atoms with van der Waals surface area (Å²) in [7, 11) is 0. The molecule has 1 aliphatic carbocycles. The second kappa shape index (κ2) is 3.35. The number of ether oxygens (including phenoxy) is 3. The van der Waals surface area contributed by atoms with E-state index in [4.69, 9.17) is 14.2 Å². The molecule has 0 radical (unpaired) electrons. The van der Waals surface area contributed by atoms with E-state index in [0.29, 0.717) is 6.10 Å². The first-order valence-electron chi connectivity index (χ1n) is 7.45. The van der Waals surface area contributed by atoms with Crippen molar-refractivity contribution in [2.45, 2.75) is 88.7 Å². The summed E-state index contributed by atoms with van der Waals surface area (Å²) in [5, 5.41) is 10.5. The lowest BCUT2D eigenvalue weighted by atomic mass is 9.79. The summed E-state index contributed by atoms with van der Waals surface area (Å²) < 4.78 is 17.5. The van der Waals surface area contributed by atoms with Crippen LogP contribution in [-0.2, 0) is 14.2 Å². The number of hydrogen-bond donors (Lipinski definition) is 1. The molecule has 0 aromatic carbocycles. The van der Waals surface area contributed by atoms with Crippen LogP contribution in [0.25, 0.3) is 0 Å². The van der Waals surface area contributed by atoms with E-state index in [-0.39, 0.29) is 29.3 Å². The maximum Gasteiger partial charge on any atom is 0.120 e. The van der Waals surface area contributed by atoms with E-state index >= 15 is 0 Å². The Hall–Kier alpha value is -0.160. The van der Waals surface area contributed by atoms with Crippen molar-refractivity contribution >= 4 is 0 Å². The Kier molecular flexibility index (Phi) is 2.22. The first-order valence-corrected chi connectivity index (χ1v) is 7.45. The molecule has 3 heterocycles. The molecule has 1 saturated carbocycles. The number of aliphatic hydroxyl groups excluding tert-OH is 1. The molecule has 4 nitrogen and oxygen atoms in total. The zero-order chi connectivity index (χ0) is 13.6. The Labute approximate surface area is 114 Å². The predicted octanol–water partition coefficient (Wildman–Crippen LogP) is 1.64. The average molecular weight is 268 g/mol. The molecule has 4 aliphatic rings. The van der Waals surface area contributed by atoms with Gasteiger partial charge in [0.2, 0.25) is 0 Å². The van der Waals surface area contributed by atoms with Crippen LogP contribution in [0.1, 0.15) is 47.0 Å². The van der Waals surface area contributed by atoms with Crippen molar-refractivity contribution in [3.05, 3.63) is 0 Å². The number of fused-ring (bicyclic) bond motifs is 3. The molecule has 0 spiro atoms. The molecular formula is C15H24O4. The molecule has 4 heteroatoms. The van der Waals surface area contributed by atoms with Crippen LogP contribution in [0.3, 0.4) is 0 Å². The zero-order valence-corrected chi connectivity index (χ0v) is 12.2. The summed E-state index contributed by atoms with van der Waals surface area (Å²) >= 11 is 0. The third-order valence-corrected chi connectivity index (χ3v) is 5.82. The van der Waals surface area contributed by atoms with Gasteiger partial charge in [-0.05, 0) is 38.5 Å². The van der Waals surface area contributed by atoms with Crippen molar-refractivity contribution in [1.29, 1.82) is 0 Å². The van der Waals surface area contributed by atoms with Crippen LogP contribution < -0.4 is 0 Å². The van der Waals surface area contributed by atoms with E-state index in [0.717, 1.165) is 19.3 Å². The SMILES string of the molecule is CC1(C)C[C@@H]2O[C@@]2(C)CC[C@@H]2O[C@]2(C)C(O)[C@H]2O[C@H]21. The van der Waals surface area contributed by atoms with Gasteiger partial charge in [0, 0.05) is 0 Å². The Bertz CT molecular complexity index is 422. The normalized spacial score (nSPS) is 62.1. The smallest absolute Gasteiger partial charge is 0.120 e. The van der Waals surface area contributed by atoms with E-state index in [1.54, 1.807) is 0 Å². The lowest BCUT2D eigenvalue weighted by molar-refractivity contribution is 0.0593. The third kappa shape index (κ3) is 1.73. The fraction of sp³-hybridized carbons (Fsp3) is 1.00. The number of rotatable bonds is 0. The molecule has 3 saturated heterocycles. The van der Waals surface area contributed by atoms with Crippen LogP contribution in [0.4, 0.5) is 0 Å². The third-order valence-electron chi connectivity index (χ3n) is 5.82. The van der Waals surface area contributed by atoms with Gasteiger partial charge in [-0.2, -0.15) is 0 Å². The average Bonchev–Trinajstić information content (AvgIpc) is 3.17. The first kappa shape index (κ1) is 12.6. The van der Waals surface area contributed by atoms with E-state index < -0.39 is 11.7 Å². The molecular weight excluding hydrogens is 244 g/mol. The largest absolute Gasteiger partial charge is 0.387 e. The van der Waals surface area contributed by atoms with Crippen molar-refractivity contribution in [3.63, 3.8) is 0 Å². The Balaban J connectivity index is 1.59. The molecule has 0 aromatic heterocycles. The van der Waals surface area contributed by atoms with Crippen LogP contribution in [-0.4, -0.2) is 46.8 Å². The first-order chi connectivity index (χ1) is 8.76. The maximum atomic E-state index is 10.5. The molecule has 4 rings (SSSR count). The highest BCUT2D eigenvalue weighted by molar-refractivity contribution is 5.16. The molecule has 3 aliphatic heterocycles. The lowest BCUT2D eigenvalue weighted by Crippen LogP contribution is -2.37. The van der Waals surface area contributed by atoms with Crippen LogP contribution in [0.5, 0.6) is 0 Å².